The number of allylic oxidation sites excluding steroid dienone is 2. The van der Waals surface area contributed by atoms with Crippen molar-refractivity contribution in [3.05, 3.63) is 74.9 Å². The molecule has 196 valence electrons. The molecule has 0 unspecified atom stereocenters. The molecule has 1 heterocycles. The SMILES string of the molecule is CCN(CC)c1ccc(/C=C2\CCC(/C=N\NC(=O)Nc3ccc(Cl)c(Cl)c3)=C2N2CCOCC2)cc1. The fourth-order valence-corrected chi connectivity index (χ4v) is 4.94. The monoisotopic (exact) mass is 541 g/mol. The number of amides is 2. The molecular formula is C28H33Cl2N5O2. The minimum Gasteiger partial charge on any atom is -0.378 e. The lowest BCUT2D eigenvalue weighted by Crippen LogP contribution is -2.36. The number of carbonyl (C=O) groups excluding carboxylic acids is 1. The number of hydrogen-bond donors (Lipinski definition) is 2. The molecular weight excluding hydrogens is 509 g/mol. The predicted molar refractivity (Wildman–Crippen MR) is 154 cm³/mol. The molecule has 1 aliphatic heterocycles. The summed E-state index contributed by atoms with van der Waals surface area (Å²) in [6.07, 6.45) is 5.79. The van der Waals surface area contributed by atoms with Crippen LogP contribution in [0.25, 0.3) is 6.08 Å². The first kappa shape index (κ1) is 27.0. The van der Waals surface area contributed by atoms with Gasteiger partial charge in [0.2, 0.25) is 0 Å². The van der Waals surface area contributed by atoms with Crippen LogP contribution >= 0.6 is 23.2 Å². The summed E-state index contributed by atoms with van der Waals surface area (Å²) in [4.78, 5) is 17.0. The zero-order valence-electron chi connectivity index (χ0n) is 21.3. The van der Waals surface area contributed by atoms with E-state index in [1.165, 1.54) is 22.5 Å². The summed E-state index contributed by atoms with van der Waals surface area (Å²) >= 11 is 12.0. The van der Waals surface area contributed by atoms with Crippen molar-refractivity contribution >= 4 is 52.9 Å². The van der Waals surface area contributed by atoms with Gasteiger partial charge in [-0.25, -0.2) is 10.2 Å². The van der Waals surface area contributed by atoms with Gasteiger partial charge in [0, 0.05) is 43.3 Å². The second-order valence-electron chi connectivity index (χ2n) is 8.86. The molecule has 7 nitrogen and oxygen atoms in total. The number of morpholine rings is 1. The third-order valence-corrected chi connectivity index (χ3v) is 7.26. The summed E-state index contributed by atoms with van der Waals surface area (Å²) < 4.78 is 5.58. The summed E-state index contributed by atoms with van der Waals surface area (Å²) in [5.74, 6) is 0. The van der Waals surface area contributed by atoms with Gasteiger partial charge >= 0.3 is 6.03 Å². The largest absolute Gasteiger partial charge is 0.378 e. The van der Waals surface area contributed by atoms with E-state index in [1.807, 2.05) is 0 Å². The van der Waals surface area contributed by atoms with Gasteiger partial charge in [-0.05, 0) is 79.8 Å². The Morgan fingerprint density at radius 2 is 1.78 bits per heavy atom. The normalized spacial score (nSPS) is 17.1. The predicted octanol–water partition coefficient (Wildman–Crippen LogP) is 6.41. The first-order valence-electron chi connectivity index (χ1n) is 12.7. The van der Waals surface area contributed by atoms with Crippen LogP contribution in [0, 0.1) is 0 Å². The fraction of sp³-hybridized carbons (Fsp3) is 0.357. The van der Waals surface area contributed by atoms with E-state index in [4.69, 9.17) is 27.9 Å². The Balaban J connectivity index is 1.50. The minimum atomic E-state index is -0.454. The number of carbonyl (C=O) groups is 1. The summed E-state index contributed by atoms with van der Waals surface area (Å²) in [6, 6.07) is 13.2. The maximum Gasteiger partial charge on any atom is 0.339 e. The Morgan fingerprint density at radius 3 is 2.46 bits per heavy atom. The summed E-state index contributed by atoms with van der Waals surface area (Å²) in [5, 5.41) is 7.74. The second kappa shape index (κ2) is 13.0. The van der Waals surface area contributed by atoms with E-state index in [0.29, 0.717) is 28.9 Å². The van der Waals surface area contributed by atoms with Crippen molar-refractivity contribution in [2.45, 2.75) is 26.7 Å². The van der Waals surface area contributed by atoms with Crippen LogP contribution in [-0.4, -0.2) is 56.5 Å². The van der Waals surface area contributed by atoms with Crippen LogP contribution in [0.1, 0.15) is 32.3 Å². The number of nitrogens with one attached hydrogen (secondary N) is 2. The molecule has 2 aromatic carbocycles. The molecule has 0 saturated carbocycles. The van der Waals surface area contributed by atoms with Gasteiger partial charge in [-0.1, -0.05) is 35.3 Å². The van der Waals surface area contributed by atoms with Gasteiger partial charge in [0.05, 0.1) is 29.5 Å². The summed E-state index contributed by atoms with van der Waals surface area (Å²) in [6.45, 7) is 9.38. The molecule has 1 aliphatic carbocycles. The molecule has 0 atom stereocenters. The third kappa shape index (κ3) is 7.06. The summed E-state index contributed by atoms with van der Waals surface area (Å²) in [7, 11) is 0. The number of nitrogens with zero attached hydrogens (tertiary/aromatic N) is 3. The zero-order valence-corrected chi connectivity index (χ0v) is 22.8. The molecule has 2 N–H and O–H groups in total. The maximum absolute atomic E-state index is 12.3. The van der Waals surface area contributed by atoms with Crippen LogP contribution in [0.5, 0.6) is 0 Å². The first-order chi connectivity index (χ1) is 18.0. The van der Waals surface area contributed by atoms with Crippen molar-refractivity contribution in [3.8, 4) is 0 Å². The first-order valence-corrected chi connectivity index (χ1v) is 13.4. The fourth-order valence-electron chi connectivity index (χ4n) is 4.64. The van der Waals surface area contributed by atoms with Gasteiger partial charge in [0.1, 0.15) is 0 Å². The van der Waals surface area contributed by atoms with Crippen LogP contribution in [-0.2, 0) is 4.74 Å². The van der Waals surface area contributed by atoms with E-state index in [2.05, 4.69) is 69.8 Å². The molecule has 2 amide bonds. The van der Waals surface area contributed by atoms with Crippen molar-refractivity contribution in [2.24, 2.45) is 5.10 Å². The molecule has 1 fully saturated rings. The average molecular weight is 543 g/mol. The number of benzene rings is 2. The van der Waals surface area contributed by atoms with Crippen LogP contribution < -0.4 is 15.6 Å². The summed E-state index contributed by atoms with van der Waals surface area (Å²) in [5.41, 5.74) is 9.06. The quantitative estimate of drug-likeness (QED) is 0.299. The molecule has 37 heavy (non-hydrogen) atoms. The molecule has 2 aliphatic rings. The van der Waals surface area contributed by atoms with E-state index in [0.717, 1.165) is 44.6 Å². The topological polar surface area (TPSA) is 69.2 Å². The Morgan fingerprint density at radius 1 is 1.05 bits per heavy atom. The van der Waals surface area contributed by atoms with E-state index in [9.17, 15) is 4.79 Å². The van der Waals surface area contributed by atoms with E-state index in [1.54, 1.807) is 24.4 Å². The molecule has 1 saturated heterocycles. The van der Waals surface area contributed by atoms with Crippen LogP contribution in [0.15, 0.2) is 64.4 Å². The lowest BCUT2D eigenvalue weighted by molar-refractivity contribution is 0.0548. The highest BCUT2D eigenvalue weighted by Gasteiger charge is 2.25. The highest BCUT2D eigenvalue weighted by molar-refractivity contribution is 6.42. The van der Waals surface area contributed by atoms with Gasteiger partial charge in [-0.3, -0.25) is 0 Å². The van der Waals surface area contributed by atoms with Crippen molar-refractivity contribution in [2.75, 3.05) is 49.6 Å². The molecule has 0 radical (unpaired) electrons. The molecule has 0 bridgehead atoms. The molecule has 4 rings (SSSR count). The minimum absolute atomic E-state index is 0.372. The van der Waals surface area contributed by atoms with Crippen molar-refractivity contribution in [1.29, 1.82) is 0 Å². The van der Waals surface area contributed by atoms with Crippen LogP contribution in [0.2, 0.25) is 10.0 Å². The molecule has 2 aromatic rings. The standard InChI is InChI=1S/C28H33Cl2N5O2/c1-3-34(4-2)24-10-5-20(6-11-24)17-21-7-8-22(27(21)35-13-15-37-16-14-35)19-31-33-28(36)32-23-9-12-25(29)26(30)18-23/h5-6,9-12,17-19H,3-4,7-8,13-16H2,1-2H3,(H2,32,33,36)/b21-17+,31-19-. The average Bonchev–Trinajstić information content (AvgIpc) is 3.30. The smallest absolute Gasteiger partial charge is 0.339 e. The van der Waals surface area contributed by atoms with Crippen molar-refractivity contribution in [3.63, 3.8) is 0 Å². The Hall–Kier alpha value is -3.00. The molecule has 9 heteroatoms. The Kier molecular flexibility index (Phi) is 9.50. The number of anilines is 2. The Labute approximate surface area is 228 Å². The van der Waals surface area contributed by atoms with E-state index >= 15 is 0 Å². The van der Waals surface area contributed by atoms with Crippen LogP contribution in [0.4, 0.5) is 16.2 Å². The van der Waals surface area contributed by atoms with Crippen molar-refractivity contribution < 1.29 is 9.53 Å². The van der Waals surface area contributed by atoms with Crippen molar-refractivity contribution in [1.82, 2.24) is 10.3 Å². The third-order valence-electron chi connectivity index (χ3n) is 6.53. The maximum atomic E-state index is 12.3. The highest BCUT2D eigenvalue weighted by Crippen LogP contribution is 2.35. The van der Waals surface area contributed by atoms with E-state index < -0.39 is 6.03 Å². The number of rotatable bonds is 8. The van der Waals surface area contributed by atoms with Gasteiger partial charge < -0.3 is 19.9 Å². The number of hydrogen-bond acceptors (Lipinski definition) is 5. The van der Waals surface area contributed by atoms with Gasteiger partial charge in [-0.2, -0.15) is 5.10 Å². The second-order valence-corrected chi connectivity index (χ2v) is 9.67. The van der Waals surface area contributed by atoms with Gasteiger partial charge in [-0.15, -0.1) is 0 Å². The van der Waals surface area contributed by atoms with Gasteiger partial charge in [0.25, 0.3) is 0 Å². The number of urea groups is 1. The molecule has 0 spiro atoms. The number of halogens is 2. The lowest BCUT2D eigenvalue weighted by Gasteiger charge is -2.31. The number of ether oxygens (including phenoxy) is 1. The van der Waals surface area contributed by atoms with E-state index in [-0.39, 0.29) is 0 Å². The van der Waals surface area contributed by atoms with Gasteiger partial charge in [0.15, 0.2) is 0 Å². The van der Waals surface area contributed by atoms with Crippen LogP contribution in [0.3, 0.4) is 0 Å². The number of hydrazone groups is 1. The Bertz CT molecular complexity index is 1180. The lowest BCUT2D eigenvalue weighted by atomic mass is 10.1. The highest BCUT2D eigenvalue weighted by atomic mass is 35.5. The zero-order chi connectivity index (χ0) is 26.2. The molecule has 0 aromatic heterocycles.